The van der Waals surface area contributed by atoms with Crippen LogP contribution in [0.2, 0.25) is 0 Å². The lowest BCUT2D eigenvalue weighted by molar-refractivity contribution is -0.164. The largest absolute Gasteiger partial charge is 0.496 e. The molecule has 1 heterocycles. The van der Waals surface area contributed by atoms with Gasteiger partial charge in [0.25, 0.3) is 0 Å². The molecule has 24 heavy (non-hydrogen) atoms. The number of carbonyl (C=O) groups is 1. The van der Waals surface area contributed by atoms with E-state index in [9.17, 15) is 4.79 Å². The van der Waals surface area contributed by atoms with Gasteiger partial charge in [0.15, 0.2) is 0 Å². The van der Waals surface area contributed by atoms with E-state index in [-0.39, 0.29) is 30.6 Å². The summed E-state index contributed by atoms with van der Waals surface area (Å²) < 4.78 is 21.9. The molecule has 3 atom stereocenters. The Bertz CT molecular complexity index is 562. The van der Waals surface area contributed by atoms with E-state index in [0.29, 0.717) is 13.2 Å². The van der Waals surface area contributed by atoms with Crippen molar-refractivity contribution in [1.29, 1.82) is 0 Å². The van der Waals surface area contributed by atoms with Crippen LogP contribution in [0.1, 0.15) is 11.1 Å². The van der Waals surface area contributed by atoms with Crippen molar-refractivity contribution in [2.75, 3.05) is 41.6 Å². The third-order valence-electron chi connectivity index (χ3n) is 4.56. The number of nitrogens with zero attached hydrogens (tertiary/aromatic N) is 1. The van der Waals surface area contributed by atoms with Gasteiger partial charge in [0.2, 0.25) is 5.91 Å². The molecule has 0 aromatic heterocycles. The molecule has 1 amide bonds. The van der Waals surface area contributed by atoms with Crippen LogP contribution in [0.25, 0.3) is 0 Å². The molecule has 0 spiro atoms. The highest BCUT2D eigenvalue weighted by Gasteiger charge is 2.38. The van der Waals surface area contributed by atoms with E-state index in [1.165, 1.54) is 0 Å². The molecular formula is C18H27NO5. The summed E-state index contributed by atoms with van der Waals surface area (Å²) in [5.41, 5.74) is 1.97. The number of ether oxygens (including phenoxy) is 4. The highest BCUT2D eigenvalue weighted by atomic mass is 16.6. The first-order valence-corrected chi connectivity index (χ1v) is 8.04. The zero-order valence-electron chi connectivity index (χ0n) is 15.1. The van der Waals surface area contributed by atoms with Gasteiger partial charge in [-0.15, -0.1) is 0 Å². The summed E-state index contributed by atoms with van der Waals surface area (Å²) in [5, 5.41) is 0. The smallest absolute Gasteiger partial charge is 0.227 e. The zero-order valence-corrected chi connectivity index (χ0v) is 15.1. The molecular weight excluding hydrogens is 310 g/mol. The molecule has 0 bridgehead atoms. The maximum atomic E-state index is 12.8. The topological polar surface area (TPSA) is 57.2 Å². The average Bonchev–Trinajstić information content (AvgIpc) is 2.60. The van der Waals surface area contributed by atoms with Crippen molar-refractivity contribution in [3.8, 4) is 5.75 Å². The molecule has 1 saturated heterocycles. The minimum absolute atomic E-state index is 0.00805. The van der Waals surface area contributed by atoms with Crippen molar-refractivity contribution in [3.63, 3.8) is 0 Å². The van der Waals surface area contributed by atoms with Crippen molar-refractivity contribution < 1.29 is 23.7 Å². The Morgan fingerprint density at radius 2 is 2.00 bits per heavy atom. The number of methoxy groups -OCH3 is 3. The van der Waals surface area contributed by atoms with E-state index in [4.69, 9.17) is 18.9 Å². The van der Waals surface area contributed by atoms with Gasteiger partial charge >= 0.3 is 0 Å². The molecule has 0 radical (unpaired) electrons. The first-order chi connectivity index (χ1) is 11.5. The van der Waals surface area contributed by atoms with Crippen LogP contribution in [-0.2, 0) is 25.4 Å². The number of hydrogen-bond acceptors (Lipinski definition) is 5. The number of carbonyl (C=O) groups excluding carboxylic acids is 1. The fourth-order valence-electron chi connectivity index (χ4n) is 3.10. The summed E-state index contributed by atoms with van der Waals surface area (Å²) >= 11 is 0. The number of likely N-dealkylation sites (N-methyl/N-ethyl adjacent to an activating group) is 1. The van der Waals surface area contributed by atoms with Gasteiger partial charge in [-0.25, -0.2) is 0 Å². The number of aryl methyl sites for hydroxylation is 1. The number of rotatable bonds is 6. The predicted molar refractivity (Wildman–Crippen MR) is 90.4 cm³/mol. The highest BCUT2D eigenvalue weighted by Crippen LogP contribution is 2.23. The second-order valence-corrected chi connectivity index (χ2v) is 6.08. The maximum Gasteiger partial charge on any atom is 0.227 e. The molecule has 6 heteroatoms. The Morgan fingerprint density at radius 3 is 2.62 bits per heavy atom. The Labute approximate surface area is 143 Å². The van der Waals surface area contributed by atoms with Crippen molar-refractivity contribution in [2.24, 2.45) is 0 Å². The summed E-state index contributed by atoms with van der Waals surface area (Å²) in [5.74, 6) is 0.714. The summed E-state index contributed by atoms with van der Waals surface area (Å²) in [4.78, 5) is 14.5. The molecule has 0 saturated carbocycles. The first-order valence-electron chi connectivity index (χ1n) is 8.04. The highest BCUT2D eigenvalue weighted by molar-refractivity contribution is 5.79. The maximum absolute atomic E-state index is 12.8. The first kappa shape index (κ1) is 18.7. The summed E-state index contributed by atoms with van der Waals surface area (Å²) in [6.07, 6.45) is -0.124. The van der Waals surface area contributed by atoms with Crippen molar-refractivity contribution in [1.82, 2.24) is 4.90 Å². The Hall–Kier alpha value is -1.63. The van der Waals surface area contributed by atoms with Gasteiger partial charge in [-0.05, 0) is 13.0 Å². The monoisotopic (exact) mass is 337 g/mol. The van der Waals surface area contributed by atoms with Crippen LogP contribution in [-0.4, -0.2) is 70.6 Å². The van der Waals surface area contributed by atoms with Crippen molar-refractivity contribution in [2.45, 2.75) is 31.6 Å². The van der Waals surface area contributed by atoms with E-state index in [1.54, 1.807) is 33.3 Å². The molecule has 6 nitrogen and oxygen atoms in total. The molecule has 1 aliphatic heterocycles. The zero-order chi connectivity index (χ0) is 17.7. The fraction of sp³-hybridized carbons (Fsp3) is 0.611. The summed E-state index contributed by atoms with van der Waals surface area (Å²) in [7, 11) is 6.66. The Kier molecular flexibility index (Phi) is 6.60. The van der Waals surface area contributed by atoms with E-state index in [0.717, 1.165) is 16.9 Å². The molecule has 0 N–H and O–H groups in total. The van der Waals surface area contributed by atoms with E-state index < -0.39 is 0 Å². The molecule has 134 valence electrons. The third-order valence-corrected chi connectivity index (χ3v) is 4.56. The lowest BCUT2D eigenvalue weighted by Crippen LogP contribution is -2.57. The van der Waals surface area contributed by atoms with Crippen LogP contribution in [0.5, 0.6) is 5.75 Å². The van der Waals surface area contributed by atoms with Crippen LogP contribution in [0, 0.1) is 6.92 Å². The second kappa shape index (κ2) is 8.46. The average molecular weight is 337 g/mol. The van der Waals surface area contributed by atoms with Gasteiger partial charge in [-0.1, -0.05) is 17.7 Å². The number of hydrogen-bond donors (Lipinski definition) is 0. The Morgan fingerprint density at radius 1 is 1.25 bits per heavy atom. The lowest BCUT2D eigenvalue weighted by Gasteiger charge is -2.40. The number of amides is 1. The van der Waals surface area contributed by atoms with Crippen LogP contribution in [0.4, 0.5) is 0 Å². The van der Waals surface area contributed by atoms with Gasteiger partial charge in [0.1, 0.15) is 18.0 Å². The van der Waals surface area contributed by atoms with Crippen LogP contribution in [0.3, 0.4) is 0 Å². The summed E-state index contributed by atoms with van der Waals surface area (Å²) in [6, 6.07) is 5.65. The molecule has 1 aromatic rings. The van der Waals surface area contributed by atoms with Crippen LogP contribution >= 0.6 is 0 Å². The van der Waals surface area contributed by atoms with Crippen molar-refractivity contribution in [3.05, 3.63) is 29.3 Å². The normalized spacial score (nSPS) is 23.8. The Balaban J connectivity index is 2.12. The molecule has 1 aliphatic rings. The summed E-state index contributed by atoms with van der Waals surface area (Å²) in [6.45, 7) is 2.90. The van der Waals surface area contributed by atoms with Gasteiger partial charge in [0, 0.05) is 26.8 Å². The van der Waals surface area contributed by atoms with Crippen LogP contribution in [0.15, 0.2) is 18.2 Å². The molecule has 2 rings (SSSR count). The fourth-order valence-corrected chi connectivity index (χ4v) is 3.10. The van der Waals surface area contributed by atoms with Gasteiger partial charge in [0.05, 0.1) is 32.8 Å². The third kappa shape index (κ3) is 4.06. The van der Waals surface area contributed by atoms with Gasteiger partial charge in [-0.2, -0.15) is 0 Å². The molecule has 1 fully saturated rings. The minimum atomic E-state index is -0.211. The minimum Gasteiger partial charge on any atom is -0.496 e. The number of benzene rings is 1. The molecule has 1 aromatic carbocycles. The lowest BCUT2D eigenvalue weighted by atomic mass is 10.0. The SMILES string of the molecule is COc1ccc(C)cc1CC(=O)N(C)[C@@H]1COC[C@@H](OC)[C@H]1OC. The van der Waals surface area contributed by atoms with Crippen LogP contribution < -0.4 is 4.74 Å². The van der Waals surface area contributed by atoms with E-state index in [2.05, 4.69) is 0 Å². The molecule has 0 unspecified atom stereocenters. The predicted octanol–water partition coefficient (Wildman–Crippen LogP) is 1.43. The van der Waals surface area contributed by atoms with E-state index in [1.807, 2.05) is 25.1 Å². The van der Waals surface area contributed by atoms with Gasteiger partial charge in [-0.3, -0.25) is 4.79 Å². The second-order valence-electron chi connectivity index (χ2n) is 6.08. The van der Waals surface area contributed by atoms with Crippen molar-refractivity contribution >= 4 is 5.91 Å². The quantitative estimate of drug-likeness (QED) is 0.786. The standard InChI is InChI=1S/C18H27NO5/c1-12-6-7-15(21-3)13(8-12)9-17(20)19(2)14-10-24-11-16(22-4)18(14)23-5/h6-8,14,16,18H,9-11H2,1-5H3/t14-,16-,18+/m1/s1. The van der Waals surface area contributed by atoms with Gasteiger partial charge < -0.3 is 23.8 Å². The van der Waals surface area contributed by atoms with E-state index >= 15 is 0 Å². The molecule has 0 aliphatic carbocycles.